The zero-order valence-corrected chi connectivity index (χ0v) is 7.79. The first-order chi connectivity index (χ1) is 6.40. The quantitative estimate of drug-likeness (QED) is 0.437. The van der Waals surface area contributed by atoms with E-state index in [0.29, 0.717) is 0 Å². The summed E-state index contributed by atoms with van der Waals surface area (Å²) in [6, 6.07) is 2.49. The standard InChI is InChI=1S/C6H7N2O5P/c9-8(10)6-2-1-3-7-5(6)4-14(11,12)13/h1-3H,4H2,(H2,11,12,13). The van der Waals surface area contributed by atoms with Crippen molar-refractivity contribution in [3.05, 3.63) is 34.1 Å². The van der Waals surface area contributed by atoms with Gasteiger partial charge in [0, 0.05) is 12.3 Å². The van der Waals surface area contributed by atoms with Gasteiger partial charge in [-0.15, -0.1) is 0 Å². The van der Waals surface area contributed by atoms with E-state index in [-0.39, 0.29) is 11.4 Å². The number of pyridine rings is 1. The molecule has 14 heavy (non-hydrogen) atoms. The average Bonchev–Trinajstić information content (AvgIpc) is 2.01. The molecular weight excluding hydrogens is 211 g/mol. The topological polar surface area (TPSA) is 114 Å². The van der Waals surface area contributed by atoms with Crippen molar-refractivity contribution in [1.29, 1.82) is 0 Å². The molecular formula is C6H7N2O5P. The van der Waals surface area contributed by atoms with Gasteiger partial charge < -0.3 is 9.79 Å². The van der Waals surface area contributed by atoms with Crippen molar-refractivity contribution in [1.82, 2.24) is 4.98 Å². The highest BCUT2D eigenvalue weighted by atomic mass is 31.2. The molecule has 7 nitrogen and oxygen atoms in total. The van der Waals surface area contributed by atoms with Gasteiger partial charge in [0.15, 0.2) is 0 Å². The molecule has 1 aromatic heterocycles. The fourth-order valence-electron chi connectivity index (χ4n) is 0.913. The molecule has 0 aliphatic rings. The lowest BCUT2D eigenvalue weighted by Crippen LogP contribution is -1.98. The van der Waals surface area contributed by atoms with Crippen LogP contribution >= 0.6 is 7.60 Å². The SMILES string of the molecule is O=[N+]([O-])c1cccnc1CP(=O)(O)O. The second-order valence-corrected chi connectivity index (χ2v) is 4.19. The number of hydrogen-bond acceptors (Lipinski definition) is 4. The van der Waals surface area contributed by atoms with Gasteiger partial charge in [0.05, 0.1) is 11.1 Å². The highest BCUT2D eigenvalue weighted by molar-refractivity contribution is 7.50. The molecule has 0 radical (unpaired) electrons. The van der Waals surface area contributed by atoms with Crippen LogP contribution in [-0.4, -0.2) is 19.7 Å². The first-order valence-corrected chi connectivity index (χ1v) is 5.33. The van der Waals surface area contributed by atoms with Crippen LogP contribution in [0.3, 0.4) is 0 Å². The van der Waals surface area contributed by atoms with Crippen molar-refractivity contribution >= 4 is 13.3 Å². The Morgan fingerprint density at radius 2 is 2.21 bits per heavy atom. The zero-order chi connectivity index (χ0) is 10.8. The summed E-state index contributed by atoms with van der Waals surface area (Å²) in [5.41, 5.74) is -0.582. The van der Waals surface area contributed by atoms with E-state index in [0.717, 1.165) is 6.07 Å². The first kappa shape index (κ1) is 10.8. The van der Waals surface area contributed by atoms with E-state index in [9.17, 15) is 14.7 Å². The van der Waals surface area contributed by atoms with Gasteiger partial charge in [0.1, 0.15) is 5.69 Å². The molecule has 2 N–H and O–H groups in total. The molecule has 0 spiro atoms. The molecule has 1 aromatic rings. The molecule has 0 saturated heterocycles. The van der Waals surface area contributed by atoms with E-state index in [4.69, 9.17) is 9.79 Å². The average molecular weight is 218 g/mol. The lowest BCUT2D eigenvalue weighted by molar-refractivity contribution is -0.385. The van der Waals surface area contributed by atoms with Crippen molar-refractivity contribution in [2.24, 2.45) is 0 Å². The van der Waals surface area contributed by atoms with Crippen LogP contribution in [0.1, 0.15) is 5.69 Å². The smallest absolute Gasteiger partial charge is 0.324 e. The van der Waals surface area contributed by atoms with E-state index >= 15 is 0 Å². The van der Waals surface area contributed by atoms with Crippen LogP contribution in [0.4, 0.5) is 5.69 Å². The summed E-state index contributed by atoms with van der Waals surface area (Å²) in [7, 11) is -4.32. The van der Waals surface area contributed by atoms with E-state index in [1.54, 1.807) is 0 Å². The van der Waals surface area contributed by atoms with Crippen molar-refractivity contribution in [3.8, 4) is 0 Å². The van der Waals surface area contributed by atoms with Crippen LogP contribution in [0.25, 0.3) is 0 Å². The molecule has 1 rings (SSSR count). The Morgan fingerprint density at radius 3 is 2.71 bits per heavy atom. The van der Waals surface area contributed by atoms with Crippen LogP contribution in [0, 0.1) is 10.1 Å². The van der Waals surface area contributed by atoms with Crippen molar-refractivity contribution in [2.45, 2.75) is 6.16 Å². The predicted octanol–water partition coefficient (Wildman–Crippen LogP) is 0.667. The Kier molecular flexibility index (Phi) is 2.95. The van der Waals surface area contributed by atoms with Gasteiger partial charge in [0.25, 0.3) is 5.69 Å². The van der Waals surface area contributed by atoms with E-state index < -0.39 is 18.7 Å². The molecule has 0 aromatic carbocycles. The summed E-state index contributed by atoms with van der Waals surface area (Å²) in [4.78, 5) is 30.5. The van der Waals surface area contributed by atoms with Crippen LogP contribution in [0.2, 0.25) is 0 Å². The summed E-state index contributed by atoms with van der Waals surface area (Å²) in [6.07, 6.45) is 0.530. The van der Waals surface area contributed by atoms with Gasteiger partial charge in [-0.3, -0.25) is 19.7 Å². The predicted molar refractivity (Wildman–Crippen MR) is 46.6 cm³/mol. The lowest BCUT2D eigenvalue weighted by atomic mass is 10.3. The number of nitro groups is 1. The Balaban J connectivity index is 3.08. The zero-order valence-electron chi connectivity index (χ0n) is 6.90. The minimum atomic E-state index is -4.32. The van der Waals surface area contributed by atoms with E-state index in [1.807, 2.05) is 0 Å². The first-order valence-electron chi connectivity index (χ1n) is 3.53. The molecule has 0 fully saturated rings. The number of hydrogen-bond donors (Lipinski definition) is 2. The van der Waals surface area contributed by atoms with Gasteiger partial charge in [-0.2, -0.15) is 0 Å². The third-order valence-corrected chi connectivity index (χ3v) is 2.13. The van der Waals surface area contributed by atoms with E-state index in [2.05, 4.69) is 4.98 Å². The number of nitrogens with zero attached hydrogens (tertiary/aromatic N) is 2. The summed E-state index contributed by atoms with van der Waals surface area (Å²) < 4.78 is 10.6. The monoisotopic (exact) mass is 218 g/mol. The molecule has 0 bridgehead atoms. The highest BCUT2D eigenvalue weighted by Crippen LogP contribution is 2.40. The maximum Gasteiger partial charge on any atom is 0.331 e. The van der Waals surface area contributed by atoms with Gasteiger partial charge >= 0.3 is 7.60 Å². The van der Waals surface area contributed by atoms with Crippen molar-refractivity contribution in [2.75, 3.05) is 0 Å². The second-order valence-electron chi connectivity index (χ2n) is 2.55. The molecule has 76 valence electrons. The molecule has 0 amide bonds. The number of rotatable bonds is 3. The summed E-state index contributed by atoms with van der Waals surface area (Å²) in [5, 5.41) is 10.4. The Morgan fingerprint density at radius 1 is 1.57 bits per heavy atom. The summed E-state index contributed by atoms with van der Waals surface area (Å²) in [5.74, 6) is 0. The molecule has 1 heterocycles. The van der Waals surface area contributed by atoms with Crippen molar-refractivity contribution < 1.29 is 19.3 Å². The minimum Gasteiger partial charge on any atom is -0.324 e. The minimum absolute atomic E-state index is 0.203. The molecule has 0 saturated carbocycles. The van der Waals surface area contributed by atoms with Gasteiger partial charge in [-0.25, -0.2) is 0 Å². The third kappa shape index (κ3) is 2.88. The Bertz CT molecular complexity index is 401. The van der Waals surface area contributed by atoms with Crippen LogP contribution < -0.4 is 0 Å². The molecule has 0 unspecified atom stereocenters. The van der Waals surface area contributed by atoms with Crippen LogP contribution in [0.5, 0.6) is 0 Å². The highest BCUT2D eigenvalue weighted by Gasteiger charge is 2.22. The summed E-state index contributed by atoms with van der Waals surface area (Å²) in [6.45, 7) is 0. The number of aromatic nitrogens is 1. The van der Waals surface area contributed by atoms with Crippen LogP contribution in [-0.2, 0) is 10.7 Å². The molecule has 0 atom stereocenters. The summed E-state index contributed by atoms with van der Waals surface area (Å²) >= 11 is 0. The van der Waals surface area contributed by atoms with Crippen molar-refractivity contribution in [3.63, 3.8) is 0 Å². The fourth-order valence-corrected chi connectivity index (χ4v) is 1.55. The second kappa shape index (κ2) is 3.83. The molecule has 0 aliphatic heterocycles. The van der Waals surface area contributed by atoms with E-state index in [1.165, 1.54) is 12.3 Å². The maximum atomic E-state index is 10.6. The molecule has 8 heteroatoms. The maximum absolute atomic E-state index is 10.6. The van der Waals surface area contributed by atoms with Gasteiger partial charge in [0.2, 0.25) is 0 Å². The normalized spacial score (nSPS) is 11.3. The lowest BCUT2D eigenvalue weighted by Gasteiger charge is -2.02. The van der Waals surface area contributed by atoms with Crippen LogP contribution in [0.15, 0.2) is 18.3 Å². The Labute approximate surface area is 78.7 Å². The molecule has 0 aliphatic carbocycles. The Hall–Kier alpha value is -1.30. The fraction of sp³-hybridized carbons (Fsp3) is 0.167. The third-order valence-electron chi connectivity index (χ3n) is 1.42. The largest absolute Gasteiger partial charge is 0.331 e. The van der Waals surface area contributed by atoms with Gasteiger partial charge in [-0.05, 0) is 6.07 Å². The van der Waals surface area contributed by atoms with Gasteiger partial charge in [-0.1, -0.05) is 0 Å².